The largest absolute Gasteiger partial charge is 0.330 e. The Balaban J connectivity index is 2.30. The lowest BCUT2D eigenvalue weighted by atomic mass is 9.82. The molecule has 0 saturated heterocycles. The van der Waals surface area contributed by atoms with Crippen molar-refractivity contribution in [2.45, 2.75) is 66.2 Å². The molecule has 0 amide bonds. The molecule has 0 aromatic carbocycles. The molecule has 1 fully saturated rings. The monoisotopic (exact) mass is 254 g/mol. The van der Waals surface area contributed by atoms with Crippen LogP contribution in [-0.2, 0) is 0 Å². The van der Waals surface area contributed by atoms with Gasteiger partial charge in [-0.25, -0.2) is 0 Å². The normalized spacial score (nSPS) is 21.2. The van der Waals surface area contributed by atoms with Crippen molar-refractivity contribution < 1.29 is 0 Å². The highest BCUT2D eigenvalue weighted by atomic mass is 14.9. The van der Waals surface area contributed by atoms with Crippen molar-refractivity contribution in [1.82, 2.24) is 5.32 Å². The standard InChI is InChI=1S/C16H34N2/c1-5-16(8-6-7-9-16)13-18-12-14(11-17)10-15(2,3)4/h14,18H,5-13,17H2,1-4H3. The molecule has 0 radical (unpaired) electrons. The molecule has 1 aliphatic carbocycles. The number of nitrogens with one attached hydrogen (secondary N) is 1. The van der Waals surface area contributed by atoms with E-state index in [9.17, 15) is 0 Å². The topological polar surface area (TPSA) is 38.0 Å². The summed E-state index contributed by atoms with van der Waals surface area (Å²) >= 11 is 0. The maximum absolute atomic E-state index is 5.90. The van der Waals surface area contributed by atoms with Crippen LogP contribution in [0.15, 0.2) is 0 Å². The minimum Gasteiger partial charge on any atom is -0.330 e. The highest BCUT2D eigenvalue weighted by molar-refractivity contribution is 4.86. The predicted molar refractivity (Wildman–Crippen MR) is 80.7 cm³/mol. The fourth-order valence-corrected chi connectivity index (χ4v) is 3.43. The second-order valence-corrected chi connectivity index (χ2v) is 7.56. The lowest BCUT2D eigenvalue weighted by Crippen LogP contribution is -2.37. The van der Waals surface area contributed by atoms with Gasteiger partial charge in [-0.1, -0.05) is 40.5 Å². The third kappa shape index (κ3) is 5.27. The first-order valence-electron chi connectivity index (χ1n) is 7.81. The Hall–Kier alpha value is -0.0800. The Morgan fingerprint density at radius 2 is 1.83 bits per heavy atom. The molecule has 1 rings (SSSR count). The summed E-state index contributed by atoms with van der Waals surface area (Å²) in [4.78, 5) is 0. The van der Waals surface area contributed by atoms with Crippen molar-refractivity contribution in [3.63, 3.8) is 0 Å². The molecule has 1 saturated carbocycles. The van der Waals surface area contributed by atoms with Gasteiger partial charge in [0.1, 0.15) is 0 Å². The first-order valence-corrected chi connectivity index (χ1v) is 7.81. The summed E-state index contributed by atoms with van der Waals surface area (Å²) in [5.74, 6) is 0.625. The van der Waals surface area contributed by atoms with Crippen LogP contribution in [0, 0.1) is 16.7 Å². The van der Waals surface area contributed by atoms with Gasteiger partial charge in [0.2, 0.25) is 0 Å². The van der Waals surface area contributed by atoms with Crippen LogP contribution in [0.3, 0.4) is 0 Å². The van der Waals surface area contributed by atoms with Gasteiger partial charge in [0.05, 0.1) is 0 Å². The van der Waals surface area contributed by atoms with Crippen molar-refractivity contribution in [3.8, 4) is 0 Å². The third-order valence-electron chi connectivity index (χ3n) is 4.58. The molecule has 0 aromatic heterocycles. The molecule has 0 aromatic rings. The van der Waals surface area contributed by atoms with Crippen LogP contribution < -0.4 is 11.1 Å². The molecule has 1 atom stereocenters. The van der Waals surface area contributed by atoms with E-state index in [2.05, 4.69) is 33.0 Å². The van der Waals surface area contributed by atoms with Crippen LogP contribution in [0.25, 0.3) is 0 Å². The average Bonchev–Trinajstić information content (AvgIpc) is 2.75. The Morgan fingerprint density at radius 3 is 2.28 bits per heavy atom. The second kappa shape index (κ2) is 6.91. The van der Waals surface area contributed by atoms with E-state index in [-0.39, 0.29) is 0 Å². The zero-order valence-electron chi connectivity index (χ0n) is 13.0. The van der Waals surface area contributed by atoms with Crippen LogP contribution in [0.1, 0.15) is 66.2 Å². The van der Waals surface area contributed by atoms with Gasteiger partial charge in [-0.15, -0.1) is 0 Å². The fourth-order valence-electron chi connectivity index (χ4n) is 3.43. The van der Waals surface area contributed by atoms with Gasteiger partial charge in [-0.3, -0.25) is 0 Å². The van der Waals surface area contributed by atoms with E-state index in [4.69, 9.17) is 5.73 Å². The van der Waals surface area contributed by atoms with E-state index >= 15 is 0 Å². The highest BCUT2D eigenvalue weighted by Gasteiger charge is 2.31. The molecular formula is C16H34N2. The summed E-state index contributed by atoms with van der Waals surface area (Å²) < 4.78 is 0. The summed E-state index contributed by atoms with van der Waals surface area (Å²) in [6, 6.07) is 0. The van der Waals surface area contributed by atoms with E-state index in [0.29, 0.717) is 16.7 Å². The smallest absolute Gasteiger partial charge is 0.000783 e. The van der Waals surface area contributed by atoms with Gasteiger partial charge in [0, 0.05) is 6.54 Å². The number of rotatable bonds is 7. The molecule has 0 aliphatic heterocycles. The molecule has 1 aliphatic rings. The molecular weight excluding hydrogens is 220 g/mol. The lowest BCUT2D eigenvalue weighted by Gasteiger charge is -2.30. The molecule has 3 N–H and O–H groups in total. The van der Waals surface area contributed by atoms with Gasteiger partial charge in [-0.2, -0.15) is 0 Å². The number of hydrogen-bond donors (Lipinski definition) is 2. The molecule has 0 spiro atoms. The summed E-state index contributed by atoms with van der Waals surface area (Å²) in [6.07, 6.45) is 8.24. The van der Waals surface area contributed by atoms with E-state index < -0.39 is 0 Å². The Bertz CT molecular complexity index is 224. The Labute approximate surface area is 114 Å². The minimum absolute atomic E-state index is 0.390. The average molecular weight is 254 g/mol. The van der Waals surface area contributed by atoms with Gasteiger partial charge < -0.3 is 11.1 Å². The van der Waals surface area contributed by atoms with Crippen LogP contribution >= 0.6 is 0 Å². The molecule has 2 heteroatoms. The minimum atomic E-state index is 0.390. The third-order valence-corrected chi connectivity index (χ3v) is 4.58. The second-order valence-electron chi connectivity index (χ2n) is 7.56. The quantitative estimate of drug-likeness (QED) is 0.729. The molecule has 0 heterocycles. The number of hydrogen-bond acceptors (Lipinski definition) is 2. The van der Waals surface area contributed by atoms with Gasteiger partial charge in [0.15, 0.2) is 0 Å². The lowest BCUT2D eigenvalue weighted by molar-refractivity contribution is 0.244. The molecule has 108 valence electrons. The summed E-state index contributed by atoms with van der Waals surface area (Å²) in [6.45, 7) is 12.4. The molecule has 18 heavy (non-hydrogen) atoms. The Kier molecular flexibility index (Phi) is 6.13. The van der Waals surface area contributed by atoms with Crippen LogP contribution in [0.5, 0.6) is 0 Å². The van der Waals surface area contributed by atoms with E-state index in [1.807, 2.05) is 0 Å². The maximum Gasteiger partial charge on any atom is 0.000783 e. The van der Waals surface area contributed by atoms with Crippen molar-refractivity contribution in [3.05, 3.63) is 0 Å². The van der Waals surface area contributed by atoms with Gasteiger partial charge >= 0.3 is 0 Å². The van der Waals surface area contributed by atoms with E-state index in [1.54, 1.807) is 0 Å². The SMILES string of the molecule is CCC1(CNCC(CN)CC(C)(C)C)CCCC1. The first kappa shape index (κ1) is 16.0. The summed E-state index contributed by atoms with van der Waals surface area (Å²) in [5, 5.41) is 3.71. The van der Waals surface area contributed by atoms with Gasteiger partial charge in [-0.05, 0) is 55.5 Å². The van der Waals surface area contributed by atoms with Crippen molar-refractivity contribution in [2.24, 2.45) is 22.5 Å². The van der Waals surface area contributed by atoms with Gasteiger partial charge in [0.25, 0.3) is 0 Å². The van der Waals surface area contributed by atoms with Crippen LogP contribution in [0.2, 0.25) is 0 Å². The predicted octanol–water partition coefficient (Wildman–Crippen LogP) is 3.56. The van der Waals surface area contributed by atoms with Crippen molar-refractivity contribution >= 4 is 0 Å². The van der Waals surface area contributed by atoms with Crippen LogP contribution in [-0.4, -0.2) is 19.6 Å². The first-order chi connectivity index (χ1) is 8.41. The zero-order chi connectivity index (χ0) is 13.6. The van der Waals surface area contributed by atoms with Crippen molar-refractivity contribution in [2.75, 3.05) is 19.6 Å². The zero-order valence-corrected chi connectivity index (χ0v) is 13.0. The van der Waals surface area contributed by atoms with Crippen molar-refractivity contribution in [1.29, 1.82) is 0 Å². The highest BCUT2D eigenvalue weighted by Crippen LogP contribution is 2.40. The summed E-state index contributed by atoms with van der Waals surface area (Å²) in [7, 11) is 0. The number of nitrogens with two attached hydrogens (primary N) is 1. The molecule has 1 unspecified atom stereocenters. The van der Waals surface area contributed by atoms with Crippen LogP contribution in [0.4, 0.5) is 0 Å². The molecule has 0 bridgehead atoms. The molecule has 2 nitrogen and oxygen atoms in total. The Morgan fingerprint density at radius 1 is 1.22 bits per heavy atom. The summed E-state index contributed by atoms with van der Waals surface area (Å²) in [5.41, 5.74) is 6.89. The van der Waals surface area contributed by atoms with E-state index in [1.165, 1.54) is 45.1 Å². The maximum atomic E-state index is 5.90. The van der Waals surface area contributed by atoms with E-state index in [0.717, 1.165) is 13.1 Å². The fraction of sp³-hybridized carbons (Fsp3) is 1.00.